The fourth-order valence-corrected chi connectivity index (χ4v) is 1.76. The number of nitrogens with zero attached hydrogens (tertiary/aromatic N) is 2. The van der Waals surface area contributed by atoms with Gasteiger partial charge in [-0.25, -0.2) is 4.98 Å². The van der Waals surface area contributed by atoms with E-state index in [-0.39, 0.29) is 0 Å². The lowest BCUT2D eigenvalue weighted by atomic mass is 10.2. The molecule has 0 bridgehead atoms. The first kappa shape index (κ1) is 12.6. The van der Waals surface area contributed by atoms with Gasteiger partial charge in [0, 0.05) is 13.2 Å². The molecule has 0 spiro atoms. The molecule has 96 valence electrons. The molecule has 1 atom stereocenters. The predicted octanol–water partition coefficient (Wildman–Crippen LogP) is 2.67. The fourth-order valence-electron chi connectivity index (χ4n) is 1.76. The van der Waals surface area contributed by atoms with Gasteiger partial charge in [-0.3, -0.25) is 0 Å². The van der Waals surface area contributed by atoms with E-state index in [9.17, 15) is 5.11 Å². The van der Waals surface area contributed by atoms with Gasteiger partial charge in [0.05, 0.1) is 12.6 Å². The third-order valence-electron chi connectivity index (χ3n) is 2.83. The van der Waals surface area contributed by atoms with E-state index < -0.39 is 6.10 Å². The maximum atomic E-state index is 9.42. The standard InChI is InChI=1S/C14H18N2O2/c1-10-4-6-13(18-10)9-16(3)14-7-5-12(8-15-14)11(2)17/h4-8,11,17H,9H2,1-3H3. The highest BCUT2D eigenvalue weighted by Gasteiger charge is 2.07. The predicted molar refractivity (Wildman–Crippen MR) is 70.4 cm³/mol. The normalized spacial score (nSPS) is 12.4. The summed E-state index contributed by atoms with van der Waals surface area (Å²) < 4.78 is 5.53. The van der Waals surface area contributed by atoms with E-state index in [1.54, 1.807) is 13.1 Å². The van der Waals surface area contributed by atoms with Gasteiger partial charge in [-0.05, 0) is 37.6 Å². The summed E-state index contributed by atoms with van der Waals surface area (Å²) in [6.45, 7) is 4.33. The molecule has 4 heteroatoms. The minimum absolute atomic E-state index is 0.482. The van der Waals surface area contributed by atoms with Gasteiger partial charge >= 0.3 is 0 Å². The Morgan fingerprint density at radius 2 is 2.11 bits per heavy atom. The third-order valence-corrected chi connectivity index (χ3v) is 2.83. The molecule has 0 fully saturated rings. The van der Waals surface area contributed by atoms with E-state index in [0.29, 0.717) is 6.54 Å². The first-order chi connectivity index (χ1) is 8.56. The summed E-state index contributed by atoms with van der Waals surface area (Å²) in [6, 6.07) is 7.71. The molecule has 0 aromatic carbocycles. The van der Waals surface area contributed by atoms with E-state index in [4.69, 9.17) is 4.42 Å². The van der Waals surface area contributed by atoms with Crippen LogP contribution in [0.5, 0.6) is 0 Å². The minimum Gasteiger partial charge on any atom is -0.464 e. The van der Waals surface area contributed by atoms with Crippen LogP contribution < -0.4 is 4.90 Å². The van der Waals surface area contributed by atoms with Crippen molar-refractivity contribution in [2.75, 3.05) is 11.9 Å². The fraction of sp³-hybridized carbons (Fsp3) is 0.357. The monoisotopic (exact) mass is 246 g/mol. The van der Waals surface area contributed by atoms with E-state index in [1.165, 1.54) is 0 Å². The van der Waals surface area contributed by atoms with Crippen molar-refractivity contribution in [2.45, 2.75) is 26.5 Å². The summed E-state index contributed by atoms with van der Waals surface area (Å²) in [5.41, 5.74) is 0.820. The molecule has 0 aliphatic rings. The number of anilines is 1. The number of aliphatic hydroxyl groups is 1. The van der Waals surface area contributed by atoms with Gasteiger partial charge in [-0.15, -0.1) is 0 Å². The smallest absolute Gasteiger partial charge is 0.128 e. The zero-order chi connectivity index (χ0) is 13.1. The first-order valence-corrected chi connectivity index (χ1v) is 5.96. The Labute approximate surface area is 107 Å². The molecule has 1 N–H and O–H groups in total. The number of rotatable bonds is 4. The Bertz CT molecular complexity index is 503. The van der Waals surface area contributed by atoms with Crippen molar-refractivity contribution in [2.24, 2.45) is 0 Å². The molecule has 0 saturated heterocycles. The van der Waals surface area contributed by atoms with Gasteiger partial charge in [-0.2, -0.15) is 0 Å². The van der Waals surface area contributed by atoms with E-state index in [2.05, 4.69) is 4.98 Å². The molecule has 18 heavy (non-hydrogen) atoms. The number of furan rings is 1. The number of hydrogen-bond donors (Lipinski definition) is 1. The number of aliphatic hydroxyl groups excluding tert-OH is 1. The second kappa shape index (κ2) is 5.23. The van der Waals surface area contributed by atoms with Crippen molar-refractivity contribution in [1.29, 1.82) is 0 Å². The molecule has 0 aliphatic carbocycles. The summed E-state index contributed by atoms with van der Waals surface area (Å²) in [6.07, 6.45) is 1.22. The van der Waals surface area contributed by atoms with Crippen molar-refractivity contribution in [3.63, 3.8) is 0 Å². The lowest BCUT2D eigenvalue weighted by Crippen LogP contribution is -2.17. The van der Waals surface area contributed by atoms with Gasteiger partial charge < -0.3 is 14.4 Å². The average Bonchev–Trinajstić information content (AvgIpc) is 2.75. The van der Waals surface area contributed by atoms with E-state index in [0.717, 1.165) is 22.9 Å². The van der Waals surface area contributed by atoms with Crippen molar-refractivity contribution < 1.29 is 9.52 Å². The van der Waals surface area contributed by atoms with Crippen LogP contribution in [0.2, 0.25) is 0 Å². The van der Waals surface area contributed by atoms with Crippen molar-refractivity contribution in [1.82, 2.24) is 4.98 Å². The molecule has 2 rings (SSSR count). The average molecular weight is 246 g/mol. The maximum Gasteiger partial charge on any atom is 0.128 e. The topological polar surface area (TPSA) is 49.5 Å². The molecule has 4 nitrogen and oxygen atoms in total. The Kier molecular flexibility index (Phi) is 3.67. The Morgan fingerprint density at radius 1 is 1.33 bits per heavy atom. The summed E-state index contributed by atoms with van der Waals surface area (Å²) in [4.78, 5) is 6.33. The largest absolute Gasteiger partial charge is 0.464 e. The molecule has 0 amide bonds. The SMILES string of the molecule is Cc1ccc(CN(C)c2ccc(C(C)O)cn2)o1. The summed E-state index contributed by atoms with van der Waals surface area (Å²) >= 11 is 0. The molecule has 1 unspecified atom stereocenters. The summed E-state index contributed by atoms with van der Waals surface area (Å²) in [5.74, 6) is 2.68. The third kappa shape index (κ3) is 2.90. The Balaban J connectivity index is 2.06. The number of aromatic nitrogens is 1. The zero-order valence-corrected chi connectivity index (χ0v) is 10.9. The second-order valence-corrected chi connectivity index (χ2v) is 4.49. The second-order valence-electron chi connectivity index (χ2n) is 4.49. The first-order valence-electron chi connectivity index (χ1n) is 5.96. The molecule has 0 saturated carbocycles. The number of aryl methyl sites for hydroxylation is 1. The van der Waals surface area contributed by atoms with Gasteiger partial charge in [0.25, 0.3) is 0 Å². The summed E-state index contributed by atoms with van der Waals surface area (Å²) in [5, 5.41) is 9.42. The van der Waals surface area contributed by atoms with E-state index >= 15 is 0 Å². The van der Waals surface area contributed by atoms with Crippen LogP contribution in [0.25, 0.3) is 0 Å². The van der Waals surface area contributed by atoms with Crippen LogP contribution in [-0.2, 0) is 6.54 Å². The highest BCUT2D eigenvalue weighted by Crippen LogP contribution is 2.17. The molecular weight excluding hydrogens is 228 g/mol. The van der Waals surface area contributed by atoms with Crippen LogP contribution >= 0.6 is 0 Å². The van der Waals surface area contributed by atoms with Crippen LogP contribution in [0.4, 0.5) is 5.82 Å². The number of hydrogen-bond acceptors (Lipinski definition) is 4. The molecule has 2 heterocycles. The van der Waals surface area contributed by atoms with Gasteiger partial charge in [0.2, 0.25) is 0 Å². The Morgan fingerprint density at radius 3 is 2.61 bits per heavy atom. The van der Waals surface area contributed by atoms with Crippen LogP contribution in [0.1, 0.15) is 30.1 Å². The molecule has 2 aromatic heterocycles. The molecular formula is C14H18N2O2. The van der Waals surface area contributed by atoms with Crippen LogP contribution in [-0.4, -0.2) is 17.1 Å². The molecule has 0 radical (unpaired) electrons. The van der Waals surface area contributed by atoms with Crippen molar-refractivity contribution >= 4 is 5.82 Å². The molecule has 0 aliphatic heterocycles. The number of pyridine rings is 1. The van der Waals surface area contributed by atoms with Crippen LogP contribution in [0, 0.1) is 6.92 Å². The zero-order valence-electron chi connectivity index (χ0n) is 10.9. The molecule has 2 aromatic rings. The lowest BCUT2D eigenvalue weighted by molar-refractivity contribution is 0.199. The van der Waals surface area contributed by atoms with E-state index in [1.807, 2.05) is 43.1 Å². The Hall–Kier alpha value is -1.81. The van der Waals surface area contributed by atoms with Crippen LogP contribution in [0.3, 0.4) is 0 Å². The van der Waals surface area contributed by atoms with Crippen molar-refractivity contribution in [3.8, 4) is 0 Å². The summed E-state index contributed by atoms with van der Waals surface area (Å²) in [7, 11) is 1.96. The highest BCUT2D eigenvalue weighted by molar-refractivity contribution is 5.39. The maximum absolute atomic E-state index is 9.42. The highest BCUT2D eigenvalue weighted by atomic mass is 16.3. The van der Waals surface area contributed by atoms with Gasteiger partial charge in [-0.1, -0.05) is 6.07 Å². The van der Waals surface area contributed by atoms with Gasteiger partial charge in [0.1, 0.15) is 17.3 Å². The quantitative estimate of drug-likeness (QED) is 0.901. The van der Waals surface area contributed by atoms with Crippen LogP contribution in [0.15, 0.2) is 34.9 Å². The lowest BCUT2D eigenvalue weighted by Gasteiger charge is -2.17. The minimum atomic E-state index is -0.482. The van der Waals surface area contributed by atoms with Crippen molar-refractivity contribution in [3.05, 3.63) is 47.5 Å². The van der Waals surface area contributed by atoms with Gasteiger partial charge in [0.15, 0.2) is 0 Å².